The fourth-order valence-corrected chi connectivity index (χ4v) is 1.30. The minimum absolute atomic E-state index is 0.531. The molecule has 1 atom stereocenters. The minimum atomic E-state index is -0.716. The molecule has 0 heterocycles. The predicted octanol–water partition coefficient (Wildman–Crippen LogP) is 2.27. The quantitative estimate of drug-likeness (QED) is 0.721. The van der Waals surface area contributed by atoms with E-state index in [1.54, 1.807) is 6.92 Å². The van der Waals surface area contributed by atoms with Gasteiger partial charge >= 0.3 is 5.97 Å². The Kier molecular flexibility index (Phi) is 3.94. The number of halogens is 1. The van der Waals surface area contributed by atoms with Gasteiger partial charge in [-0.05, 0) is 13.3 Å². The molecule has 0 aliphatic carbocycles. The predicted molar refractivity (Wildman–Crippen MR) is 44.4 cm³/mol. The van der Waals surface area contributed by atoms with E-state index in [1.165, 1.54) is 0 Å². The molecule has 0 saturated carbocycles. The van der Waals surface area contributed by atoms with Crippen LogP contribution in [0.2, 0.25) is 0 Å². The summed E-state index contributed by atoms with van der Waals surface area (Å²) in [6.07, 6.45) is 1.64. The van der Waals surface area contributed by atoms with E-state index in [0.29, 0.717) is 5.33 Å². The van der Waals surface area contributed by atoms with Gasteiger partial charge < -0.3 is 5.11 Å². The summed E-state index contributed by atoms with van der Waals surface area (Å²) in [6, 6.07) is 0. The van der Waals surface area contributed by atoms with Crippen LogP contribution in [0.1, 0.15) is 26.7 Å². The van der Waals surface area contributed by atoms with Gasteiger partial charge in [-0.3, -0.25) is 4.79 Å². The molecule has 0 rings (SSSR count). The number of hydrogen-bond donors (Lipinski definition) is 1. The second-order valence-corrected chi connectivity index (χ2v) is 3.31. The lowest BCUT2D eigenvalue weighted by molar-refractivity contribution is -0.146. The molecule has 1 unspecified atom stereocenters. The molecular weight excluding hydrogens is 196 g/mol. The fourth-order valence-electron chi connectivity index (χ4n) is 0.783. The summed E-state index contributed by atoms with van der Waals surface area (Å²) in [5.74, 6) is -0.716. The van der Waals surface area contributed by atoms with E-state index in [9.17, 15) is 4.79 Å². The highest BCUT2D eigenvalue weighted by atomic mass is 79.9. The highest BCUT2D eigenvalue weighted by molar-refractivity contribution is 9.09. The minimum Gasteiger partial charge on any atom is -0.481 e. The first-order valence-corrected chi connectivity index (χ1v) is 4.48. The number of aliphatic carboxylic acids is 1. The molecule has 0 aromatic rings. The molecule has 0 aromatic heterocycles. The zero-order valence-electron chi connectivity index (χ0n) is 6.35. The number of carbonyl (C=O) groups is 1. The van der Waals surface area contributed by atoms with Crippen molar-refractivity contribution in [2.24, 2.45) is 5.41 Å². The second kappa shape index (κ2) is 3.96. The average molecular weight is 209 g/mol. The molecule has 0 spiro atoms. The summed E-state index contributed by atoms with van der Waals surface area (Å²) in [5.41, 5.74) is -0.575. The number of carboxylic acid groups (broad SMARTS) is 1. The summed E-state index contributed by atoms with van der Waals surface area (Å²) in [7, 11) is 0. The van der Waals surface area contributed by atoms with E-state index in [-0.39, 0.29) is 0 Å². The van der Waals surface area contributed by atoms with Gasteiger partial charge in [0.2, 0.25) is 0 Å². The molecule has 0 aliphatic heterocycles. The maximum absolute atomic E-state index is 10.6. The third-order valence-corrected chi connectivity index (χ3v) is 2.85. The van der Waals surface area contributed by atoms with Crippen LogP contribution in [0.3, 0.4) is 0 Å². The van der Waals surface area contributed by atoms with Crippen molar-refractivity contribution in [2.45, 2.75) is 26.7 Å². The van der Waals surface area contributed by atoms with Crippen LogP contribution in [0.4, 0.5) is 0 Å². The molecule has 0 aliphatic rings. The van der Waals surface area contributed by atoms with Gasteiger partial charge in [-0.15, -0.1) is 0 Å². The van der Waals surface area contributed by atoms with E-state index >= 15 is 0 Å². The van der Waals surface area contributed by atoms with Crippen LogP contribution in [0.5, 0.6) is 0 Å². The molecule has 2 nitrogen and oxygen atoms in total. The van der Waals surface area contributed by atoms with Crippen LogP contribution in [0.15, 0.2) is 0 Å². The van der Waals surface area contributed by atoms with Crippen LogP contribution in [-0.4, -0.2) is 16.4 Å². The third-order valence-electron chi connectivity index (χ3n) is 1.61. The maximum Gasteiger partial charge on any atom is 0.310 e. The van der Waals surface area contributed by atoms with E-state index in [0.717, 1.165) is 12.8 Å². The topological polar surface area (TPSA) is 37.3 Å². The number of hydrogen-bond acceptors (Lipinski definition) is 1. The van der Waals surface area contributed by atoms with Crippen molar-refractivity contribution >= 4 is 21.9 Å². The van der Waals surface area contributed by atoms with Gasteiger partial charge in [0.25, 0.3) is 0 Å². The fraction of sp³-hybridized carbons (Fsp3) is 0.857. The van der Waals surface area contributed by atoms with Gasteiger partial charge in [-0.1, -0.05) is 29.3 Å². The van der Waals surface area contributed by atoms with Crippen LogP contribution in [0.25, 0.3) is 0 Å². The molecule has 0 radical (unpaired) electrons. The molecule has 60 valence electrons. The Morgan fingerprint density at radius 3 is 2.30 bits per heavy atom. The Morgan fingerprint density at radius 2 is 2.20 bits per heavy atom. The van der Waals surface area contributed by atoms with Gasteiger partial charge in [-0.2, -0.15) is 0 Å². The van der Waals surface area contributed by atoms with Gasteiger partial charge in [0.05, 0.1) is 5.41 Å². The van der Waals surface area contributed by atoms with Crippen molar-refractivity contribution < 1.29 is 9.90 Å². The lowest BCUT2D eigenvalue weighted by atomic mass is 9.88. The molecule has 1 N–H and O–H groups in total. The van der Waals surface area contributed by atoms with E-state index in [4.69, 9.17) is 5.11 Å². The molecular formula is C7H13BrO2. The normalized spacial score (nSPS) is 16.3. The van der Waals surface area contributed by atoms with E-state index in [1.807, 2.05) is 6.92 Å². The van der Waals surface area contributed by atoms with Crippen molar-refractivity contribution in [3.05, 3.63) is 0 Å². The monoisotopic (exact) mass is 208 g/mol. The van der Waals surface area contributed by atoms with Crippen LogP contribution in [-0.2, 0) is 4.79 Å². The second-order valence-electron chi connectivity index (χ2n) is 2.75. The highest BCUT2D eigenvalue weighted by Crippen LogP contribution is 2.25. The molecule has 0 fully saturated rings. The van der Waals surface area contributed by atoms with Crippen LogP contribution in [0, 0.1) is 5.41 Å². The number of rotatable bonds is 4. The van der Waals surface area contributed by atoms with Crippen molar-refractivity contribution in [1.29, 1.82) is 0 Å². The zero-order valence-corrected chi connectivity index (χ0v) is 7.94. The SMILES string of the molecule is CCCC(C)(CBr)C(=O)O. The van der Waals surface area contributed by atoms with Crippen molar-refractivity contribution in [3.8, 4) is 0 Å². The first-order chi connectivity index (χ1) is 4.56. The molecule has 3 heteroatoms. The van der Waals surface area contributed by atoms with Crippen LogP contribution >= 0.6 is 15.9 Å². The lowest BCUT2D eigenvalue weighted by Gasteiger charge is -2.20. The largest absolute Gasteiger partial charge is 0.481 e. The Hall–Kier alpha value is -0.0500. The molecule has 0 bridgehead atoms. The van der Waals surface area contributed by atoms with Crippen molar-refractivity contribution in [1.82, 2.24) is 0 Å². The number of carboxylic acids is 1. The zero-order chi connectivity index (χ0) is 8.20. The lowest BCUT2D eigenvalue weighted by Crippen LogP contribution is -2.28. The van der Waals surface area contributed by atoms with Crippen LogP contribution < -0.4 is 0 Å². The van der Waals surface area contributed by atoms with Gasteiger partial charge in [0.1, 0.15) is 0 Å². The van der Waals surface area contributed by atoms with E-state index in [2.05, 4.69) is 15.9 Å². The summed E-state index contributed by atoms with van der Waals surface area (Å²) < 4.78 is 0. The summed E-state index contributed by atoms with van der Waals surface area (Å²) >= 11 is 3.19. The van der Waals surface area contributed by atoms with Gasteiger partial charge in [0.15, 0.2) is 0 Å². The smallest absolute Gasteiger partial charge is 0.310 e. The van der Waals surface area contributed by atoms with Gasteiger partial charge in [0, 0.05) is 5.33 Å². The standard InChI is InChI=1S/C7H13BrO2/c1-3-4-7(2,5-8)6(9)10/h3-5H2,1-2H3,(H,9,10). The van der Waals surface area contributed by atoms with Crippen molar-refractivity contribution in [3.63, 3.8) is 0 Å². The van der Waals surface area contributed by atoms with E-state index < -0.39 is 11.4 Å². The summed E-state index contributed by atoms with van der Waals surface area (Å²) in [5, 5.41) is 9.26. The maximum atomic E-state index is 10.6. The summed E-state index contributed by atoms with van der Waals surface area (Å²) in [4.78, 5) is 10.6. The number of alkyl halides is 1. The molecule has 10 heavy (non-hydrogen) atoms. The molecule has 0 aromatic carbocycles. The Morgan fingerprint density at radius 1 is 1.70 bits per heavy atom. The first-order valence-electron chi connectivity index (χ1n) is 3.36. The molecule has 0 saturated heterocycles. The summed E-state index contributed by atoms with van der Waals surface area (Å²) in [6.45, 7) is 3.75. The first kappa shape index (κ1) is 9.95. The third kappa shape index (κ3) is 2.29. The van der Waals surface area contributed by atoms with Crippen molar-refractivity contribution in [2.75, 3.05) is 5.33 Å². The highest BCUT2D eigenvalue weighted by Gasteiger charge is 2.30. The Balaban J connectivity index is 4.08. The average Bonchev–Trinajstić information content (AvgIpc) is 1.88. The van der Waals surface area contributed by atoms with Gasteiger partial charge in [-0.25, -0.2) is 0 Å². The molecule has 0 amide bonds. The Labute approximate surface area is 69.8 Å². The Bertz CT molecular complexity index is 125.